The van der Waals surface area contributed by atoms with Gasteiger partial charge in [0.05, 0.1) is 6.10 Å². The molecule has 0 radical (unpaired) electrons. The average Bonchev–Trinajstić information content (AvgIpc) is 2.08. The molecule has 0 bridgehead atoms. The van der Waals surface area contributed by atoms with Crippen LogP contribution in [-0.4, -0.2) is 5.11 Å². The minimum absolute atomic E-state index is 0.143. The number of rotatable bonds is 2. The Morgan fingerprint density at radius 2 is 1.93 bits per heavy atom. The summed E-state index contributed by atoms with van der Waals surface area (Å²) in [6, 6.07) is 2.26. The third-order valence-corrected chi connectivity index (χ3v) is 3.19. The van der Waals surface area contributed by atoms with Gasteiger partial charge in [0.1, 0.15) is 11.6 Å². The lowest BCUT2D eigenvalue weighted by Crippen LogP contribution is -2.21. The third kappa shape index (κ3) is 1.88. The van der Waals surface area contributed by atoms with Crippen LogP contribution in [0, 0.1) is 24.5 Å². The van der Waals surface area contributed by atoms with Gasteiger partial charge in [-0.15, -0.1) is 0 Å². The maximum Gasteiger partial charge on any atom is 0.131 e. The van der Waals surface area contributed by atoms with Crippen molar-refractivity contribution in [3.8, 4) is 0 Å². The largest absolute Gasteiger partial charge is 0.388 e. The van der Waals surface area contributed by atoms with E-state index in [1.165, 1.54) is 6.07 Å². The monoisotopic (exact) mass is 212 g/mol. The van der Waals surface area contributed by atoms with Crippen LogP contribution in [-0.2, 0) is 0 Å². The third-order valence-electron chi connectivity index (χ3n) is 3.19. The highest BCUT2D eigenvalue weighted by Crippen LogP contribution is 2.38. The van der Waals surface area contributed by atoms with E-state index in [9.17, 15) is 13.9 Å². The van der Waals surface area contributed by atoms with Gasteiger partial charge in [0.25, 0.3) is 0 Å². The average molecular weight is 212 g/mol. The van der Waals surface area contributed by atoms with Gasteiger partial charge >= 0.3 is 0 Å². The molecule has 1 N–H and O–H groups in total. The summed E-state index contributed by atoms with van der Waals surface area (Å²) in [7, 11) is 0. The van der Waals surface area contributed by atoms with Gasteiger partial charge in [-0.3, -0.25) is 0 Å². The second kappa shape index (κ2) is 3.89. The molecule has 0 heterocycles. The van der Waals surface area contributed by atoms with Crippen molar-refractivity contribution < 1.29 is 13.9 Å². The molecular weight excluding hydrogens is 198 g/mol. The zero-order valence-corrected chi connectivity index (χ0v) is 8.63. The first-order valence-electron chi connectivity index (χ1n) is 5.23. The molecule has 3 heteroatoms. The van der Waals surface area contributed by atoms with E-state index in [2.05, 4.69) is 0 Å². The number of halogens is 2. The molecule has 0 aliphatic heterocycles. The quantitative estimate of drug-likeness (QED) is 0.798. The van der Waals surface area contributed by atoms with E-state index < -0.39 is 17.7 Å². The predicted octanol–water partition coefficient (Wildman–Crippen LogP) is 3.11. The molecule has 0 aromatic heterocycles. The topological polar surface area (TPSA) is 20.2 Å². The van der Waals surface area contributed by atoms with Gasteiger partial charge in [0.2, 0.25) is 0 Å². The second-order valence-electron chi connectivity index (χ2n) is 4.26. The zero-order valence-electron chi connectivity index (χ0n) is 8.63. The summed E-state index contributed by atoms with van der Waals surface area (Å²) < 4.78 is 26.4. The van der Waals surface area contributed by atoms with Gasteiger partial charge in [0, 0.05) is 11.6 Å². The zero-order chi connectivity index (χ0) is 11.0. The fourth-order valence-electron chi connectivity index (χ4n) is 1.92. The van der Waals surface area contributed by atoms with E-state index >= 15 is 0 Å². The Labute approximate surface area is 87.7 Å². The maximum absolute atomic E-state index is 13.4. The number of hydrogen-bond acceptors (Lipinski definition) is 1. The van der Waals surface area contributed by atoms with Gasteiger partial charge in [-0.25, -0.2) is 8.78 Å². The van der Waals surface area contributed by atoms with Crippen LogP contribution in [0.5, 0.6) is 0 Å². The summed E-state index contributed by atoms with van der Waals surface area (Å²) in [5.74, 6) is -1.06. The Bertz CT molecular complexity index is 372. The molecule has 1 saturated carbocycles. The molecule has 15 heavy (non-hydrogen) atoms. The fourth-order valence-corrected chi connectivity index (χ4v) is 1.92. The first-order valence-corrected chi connectivity index (χ1v) is 5.23. The Morgan fingerprint density at radius 3 is 2.47 bits per heavy atom. The lowest BCUT2D eigenvalue weighted by molar-refractivity contribution is 0.0590. The van der Waals surface area contributed by atoms with Crippen molar-refractivity contribution in [2.24, 2.45) is 5.92 Å². The smallest absolute Gasteiger partial charge is 0.131 e. The van der Waals surface area contributed by atoms with Crippen LogP contribution in [0.2, 0.25) is 0 Å². The van der Waals surface area contributed by atoms with Gasteiger partial charge < -0.3 is 5.11 Å². The summed E-state index contributed by atoms with van der Waals surface area (Å²) in [6.45, 7) is 1.58. The molecule has 1 unspecified atom stereocenters. The maximum atomic E-state index is 13.4. The van der Waals surface area contributed by atoms with Crippen LogP contribution >= 0.6 is 0 Å². The van der Waals surface area contributed by atoms with Crippen molar-refractivity contribution in [1.29, 1.82) is 0 Å². The van der Waals surface area contributed by atoms with E-state index in [0.717, 1.165) is 25.3 Å². The molecule has 1 aliphatic carbocycles. The van der Waals surface area contributed by atoms with Crippen molar-refractivity contribution in [2.75, 3.05) is 0 Å². The number of hydrogen-bond donors (Lipinski definition) is 1. The minimum atomic E-state index is -0.780. The van der Waals surface area contributed by atoms with Crippen LogP contribution in [0.3, 0.4) is 0 Å². The Hall–Kier alpha value is -0.960. The lowest BCUT2D eigenvalue weighted by atomic mass is 9.78. The molecule has 2 rings (SSSR count). The van der Waals surface area contributed by atoms with Gasteiger partial charge in [0.15, 0.2) is 0 Å². The van der Waals surface area contributed by atoms with Crippen molar-refractivity contribution in [1.82, 2.24) is 0 Å². The van der Waals surface area contributed by atoms with Crippen molar-refractivity contribution in [3.05, 3.63) is 34.9 Å². The summed E-state index contributed by atoms with van der Waals surface area (Å²) in [6.07, 6.45) is 2.16. The van der Waals surface area contributed by atoms with Crippen LogP contribution in [0.15, 0.2) is 12.1 Å². The fraction of sp³-hybridized carbons (Fsp3) is 0.500. The molecule has 0 amide bonds. The van der Waals surface area contributed by atoms with E-state index in [0.29, 0.717) is 5.56 Å². The Balaban J connectivity index is 2.30. The van der Waals surface area contributed by atoms with Crippen LogP contribution in [0.25, 0.3) is 0 Å². The molecule has 82 valence electrons. The van der Waals surface area contributed by atoms with Crippen molar-refractivity contribution in [3.63, 3.8) is 0 Å². The first kappa shape index (κ1) is 10.6. The van der Waals surface area contributed by atoms with E-state index in [1.807, 2.05) is 0 Å². The Kier molecular flexibility index (Phi) is 2.74. The van der Waals surface area contributed by atoms with E-state index in [-0.39, 0.29) is 11.5 Å². The highest BCUT2D eigenvalue weighted by atomic mass is 19.1. The first-order chi connectivity index (χ1) is 7.09. The number of aliphatic hydroxyl groups excluding tert-OH is 1. The number of aliphatic hydroxyl groups is 1. The van der Waals surface area contributed by atoms with E-state index in [4.69, 9.17) is 0 Å². The van der Waals surface area contributed by atoms with Crippen molar-refractivity contribution in [2.45, 2.75) is 32.3 Å². The summed E-state index contributed by atoms with van der Waals surface area (Å²) >= 11 is 0. The second-order valence-corrected chi connectivity index (χ2v) is 4.26. The predicted molar refractivity (Wildman–Crippen MR) is 53.4 cm³/mol. The summed E-state index contributed by atoms with van der Waals surface area (Å²) in [5.41, 5.74) is 0.614. The van der Waals surface area contributed by atoms with Gasteiger partial charge in [-0.2, -0.15) is 0 Å². The standard InChI is InChI=1S/C12H14F2O/c1-7-5-9(11(14)6-10(7)13)12(15)8-3-2-4-8/h5-6,8,12,15H,2-4H2,1H3. The molecule has 0 saturated heterocycles. The molecule has 1 aromatic rings. The molecule has 1 fully saturated rings. The van der Waals surface area contributed by atoms with Crippen LogP contribution < -0.4 is 0 Å². The van der Waals surface area contributed by atoms with Gasteiger partial charge in [-0.1, -0.05) is 6.42 Å². The minimum Gasteiger partial charge on any atom is -0.388 e. The number of benzene rings is 1. The summed E-state index contributed by atoms with van der Waals surface area (Å²) in [4.78, 5) is 0. The lowest BCUT2D eigenvalue weighted by Gasteiger charge is -2.30. The highest BCUT2D eigenvalue weighted by molar-refractivity contribution is 5.28. The molecule has 0 spiro atoms. The van der Waals surface area contributed by atoms with Crippen LogP contribution in [0.4, 0.5) is 8.78 Å². The molecule has 1 aromatic carbocycles. The Morgan fingerprint density at radius 1 is 1.27 bits per heavy atom. The number of aryl methyl sites for hydroxylation is 1. The highest BCUT2D eigenvalue weighted by Gasteiger charge is 2.28. The summed E-state index contributed by atoms with van der Waals surface area (Å²) in [5, 5.41) is 9.87. The molecule has 1 atom stereocenters. The van der Waals surface area contributed by atoms with Crippen LogP contribution in [0.1, 0.15) is 36.5 Å². The molecule has 1 aliphatic rings. The molecule has 1 nitrogen and oxygen atoms in total. The molecular formula is C12H14F2O. The normalized spacial score (nSPS) is 18.7. The van der Waals surface area contributed by atoms with E-state index in [1.54, 1.807) is 6.92 Å². The van der Waals surface area contributed by atoms with Crippen molar-refractivity contribution >= 4 is 0 Å². The van der Waals surface area contributed by atoms with Gasteiger partial charge in [-0.05, 0) is 37.3 Å². The SMILES string of the molecule is Cc1cc(C(O)C2CCC2)c(F)cc1F.